The molecule has 0 unspecified atom stereocenters. The van der Waals surface area contributed by atoms with Gasteiger partial charge in [0.15, 0.2) is 0 Å². The first-order chi connectivity index (χ1) is 9.11. The fourth-order valence-electron chi connectivity index (χ4n) is 1.73. The maximum Gasteiger partial charge on any atom is 0.251 e. The van der Waals surface area contributed by atoms with Crippen molar-refractivity contribution < 1.29 is 14.7 Å². The molecule has 1 aliphatic heterocycles. The van der Waals surface area contributed by atoms with Crippen molar-refractivity contribution in [2.75, 3.05) is 18.5 Å². The Hall–Kier alpha value is -1.53. The van der Waals surface area contributed by atoms with Gasteiger partial charge in [0.05, 0.1) is 10.9 Å². The van der Waals surface area contributed by atoms with E-state index in [0.29, 0.717) is 24.2 Å². The van der Waals surface area contributed by atoms with Crippen molar-refractivity contribution in [3.8, 4) is 0 Å². The van der Waals surface area contributed by atoms with Gasteiger partial charge in [-0.3, -0.25) is 9.59 Å². The van der Waals surface area contributed by atoms with Gasteiger partial charge in [0.25, 0.3) is 5.91 Å². The molecule has 0 saturated carbocycles. The van der Waals surface area contributed by atoms with E-state index in [-0.39, 0.29) is 23.7 Å². The number of hydrogen-bond acceptors (Lipinski definition) is 4. The van der Waals surface area contributed by atoms with E-state index in [1.165, 1.54) is 11.8 Å². The van der Waals surface area contributed by atoms with E-state index >= 15 is 0 Å². The van der Waals surface area contributed by atoms with Crippen LogP contribution < -0.4 is 10.6 Å². The summed E-state index contributed by atoms with van der Waals surface area (Å²) in [5.74, 6) is -0.246. The third kappa shape index (κ3) is 3.27. The average Bonchev–Trinajstić information content (AvgIpc) is 2.40. The number of anilines is 1. The molecular formula is C13H16N2O3S. The number of benzene rings is 1. The number of hydrogen-bond donors (Lipinski definition) is 3. The van der Waals surface area contributed by atoms with Crippen molar-refractivity contribution in [3.63, 3.8) is 0 Å². The third-order valence-electron chi connectivity index (χ3n) is 2.79. The second kappa shape index (κ2) is 6.08. The smallest absolute Gasteiger partial charge is 0.251 e. The molecule has 2 amide bonds. The van der Waals surface area contributed by atoms with Crippen molar-refractivity contribution in [1.29, 1.82) is 0 Å². The van der Waals surface area contributed by atoms with Gasteiger partial charge in [0, 0.05) is 23.6 Å². The van der Waals surface area contributed by atoms with Crippen LogP contribution in [-0.4, -0.2) is 35.3 Å². The zero-order valence-electron chi connectivity index (χ0n) is 10.6. The number of nitrogens with one attached hydrogen (secondary N) is 2. The van der Waals surface area contributed by atoms with Crippen LogP contribution in [-0.2, 0) is 4.79 Å². The van der Waals surface area contributed by atoms with E-state index in [9.17, 15) is 9.59 Å². The summed E-state index contributed by atoms with van der Waals surface area (Å²) in [6.45, 7) is 2.33. The maximum absolute atomic E-state index is 11.8. The lowest BCUT2D eigenvalue weighted by molar-refractivity contribution is -0.115. The second-order valence-electron chi connectivity index (χ2n) is 4.29. The van der Waals surface area contributed by atoms with Crippen LogP contribution in [0.15, 0.2) is 23.1 Å². The van der Waals surface area contributed by atoms with Crippen molar-refractivity contribution >= 4 is 29.3 Å². The van der Waals surface area contributed by atoms with E-state index in [1.807, 2.05) is 13.0 Å². The van der Waals surface area contributed by atoms with Crippen LogP contribution in [0.5, 0.6) is 0 Å². The van der Waals surface area contributed by atoms with Crippen LogP contribution in [0, 0.1) is 0 Å². The van der Waals surface area contributed by atoms with Gasteiger partial charge in [0.2, 0.25) is 5.91 Å². The predicted molar refractivity (Wildman–Crippen MR) is 74.4 cm³/mol. The summed E-state index contributed by atoms with van der Waals surface area (Å²) in [6.07, 6.45) is 0.529. The Balaban J connectivity index is 2.10. The van der Waals surface area contributed by atoms with E-state index in [4.69, 9.17) is 5.11 Å². The first-order valence-electron chi connectivity index (χ1n) is 6.12. The molecule has 0 aromatic heterocycles. The maximum atomic E-state index is 11.8. The van der Waals surface area contributed by atoms with Gasteiger partial charge in [-0.1, -0.05) is 0 Å². The van der Waals surface area contributed by atoms with Crippen molar-refractivity contribution in [2.24, 2.45) is 0 Å². The molecule has 0 aliphatic carbocycles. The number of carbonyl (C=O) groups is 2. The molecule has 0 bridgehead atoms. The minimum Gasteiger partial charge on any atom is -0.396 e. The predicted octanol–water partition coefficient (Wildman–Crippen LogP) is 1.23. The highest BCUT2D eigenvalue weighted by atomic mass is 32.2. The molecule has 0 fully saturated rings. The fraction of sp³-hybridized carbons (Fsp3) is 0.385. The number of thioether (sulfide) groups is 1. The third-order valence-corrected chi connectivity index (χ3v) is 3.97. The summed E-state index contributed by atoms with van der Waals surface area (Å²) in [5, 5.41) is 14.0. The molecule has 1 atom stereocenters. The first kappa shape index (κ1) is 13.9. The molecule has 0 radical (unpaired) electrons. The van der Waals surface area contributed by atoms with Crippen LogP contribution >= 0.6 is 11.8 Å². The summed E-state index contributed by atoms with van der Waals surface area (Å²) in [5.41, 5.74) is 1.19. The summed E-state index contributed by atoms with van der Waals surface area (Å²) >= 11 is 1.49. The highest BCUT2D eigenvalue weighted by molar-refractivity contribution is 8.00. The van der Waals surface area contributed by atoms with Crippen LogP contribution in [0.2, 0.25) is 0 Å². The van der Waals surface area contributed by atoms with Crippen LogP contribution in [0.4, 0.5) is 5.69 Å². The minimum atomic E-state index is -0.200. The summed E-state index contributed by atoms with van der Waals surface area (Å²) in [6, 6.07) is 5.27. The Labute approximate surface area is 115 Å². The lowest BCUT2D eigenvalue weighted by Crippen LogP contribution is -2.28. The number of rotatable bonds is 4. The fourth-order valence-corrected chi connectivity index (χ4v) is 2.66. The Kier molecular flexibility index (Phi) is 4.44. The van der Waals surface area contributed by atoms with Gasteiger partial charge in [0.1, 0.15) is 0 Å². The van der Waals surface area contributed by atoms with Crippen molar-refractivity contribution in [2.45, 2.75) is 23.5 Å². The second-order valence-corrected chi connectivity index (χ2v) is 5.68. The largest absolute Gasteiger partial charge is 0.396 e. The number of fused-ring (bicyclic) bond motifs is 1. The highest BCUT2D eigenvalue weighted by Gasteiger charge is 2.23. The number of aliphatic hydroxyl groups excluding tert-OH is 1. The molecule has 6 heteroatoms. The Morgan fingerprint density at radius 1 is 1.53 bits per heavy atom. The molecule has 1 heterocycles. The normalized spacial score (nSPS) is 17.6. The molecular weight excluding hydrogens is 264 g/mol. The SMILES string of the molecule is C[C@H]1Sc2ccc(C(=O)NCCCO)cc2NC1=O. The van der Waals surface area contributed by atoms with Crippen LogP contribution in [0.1, 0.15) is 23.7 Å². The molecule has 19 heavy (non-hydrogen) atoms. The van der Waals surface area contributed by atoms with Gasteiger partial charge in [-0.15, -0.1) is 11.8 Å². The summed E-state index contributed by atoms with van der Waals surface area (Å²) in [4.78, 5) is 24.4. The van der Waals surface area contributed by atoms with E-state index in [0.717, 1.165) is 4.90 Å². The van der Waals surface area contributed by atoms with Crippen LogP contribution in [0.25, 0.3) is 0 Å². The summed E-state index contributed by atoms with van der Waals surface area (Å²) < 4.78 is 0. The van der Waals surface area contributed by atoms with E-state index in [2.05, 4.69) is 10.6 Å². The molecule has 1 aromatic rings. The molecule has 3 N–H and O–H groups in total. The first-order valence-corrected chi connectivity index (χ1v) is 7.00. The lowest BCUT2D eigenvalue weighted by Gasteiger charge is -2.21. The molecule has 1 aliphatic rings. The quantitative estimate of drug-likeness (QED) is 0.725. The molecule has 2 rings (SSSR count). The zero-order valence-corrected chi connectivity index (χ0v) is 11.4. The molecule has 102 valence electrons. The molecule has 0 spiro atoms. The van der Waals surface area contributed by atoms with Crippen molar-refractivity contribution in [1.82, 2.24) is 5.32 Å². The number of carbonyl (C=O) groups excluding carboxylic acids is 2. The van der Waals surface area contributed by atoms with E-state index < -0.39 is 0 Å². The van der Waals surface area contributed by atoms with Gasteiger partial charge in [-0.25, -0.2) is 0 Å². The Morgan fingerprint density at radius 2 is 2.32 bits per heavy atom. The monoisotopic (exact) mass is 280 g/mol. The Morgan fingerprint density at radius 3 is 3.05 bits per heavy atom. The minimum absolute atomic E-state index is 0.0460. The van der Waals surface area contributed by atoms with Gasteiger partial charge in [-0.2, -0.15) is 0 Å². The standard InChI is InChI=1S/C13H16N2O3S/c1-8-12(17)15-10-7-9(3-4-11(10)19-8)13(18)14-5-2-6-16/h3-4,7-8,16H,2,5-6H2,1H3,(H,14,18)(H,15,17)/t8-/m1/s1. The molecule has 5 nitrogen and oxygen atoms in total. The topological polar surface area (TPSA) is 78.4 Å². The number of aliphatic hydroxyl groups is 1. The van der Waals surface area contributed by atoms with Gasteiger partial charge >= 0.3 is 0 Å². The Bertz CT molecular complexity index is 505. The van der Waals surface area contributed by atoms with Crippen LogP contribution in [0.3, 0.4) is 0 Å². The average molecular weight is 280 g/mol. The lowest BCUT2D eigenvalue weighted by atomic mass is 10.1. The van der Waals surface area contributed by atoms with E-state index in [1.54, 1.807) is 12.1 Å². The van der Waals surface area contributed by atoms with Gasteiger partial charge < -0.3 is 15.7 Å². The van der Waals surface area contributed by atoms with Crippen molar-refractivity contribution in [3.05, 3.63) is 23.8 Å². The highest BCUT2D eigenvalue weighted by Crippen LogP contribution is 2.35. The van der Waals surface area contributed by atoms with Gasteiger partial charge in [-0.05, 0) is 31.5 Å². The zero-order chi connectivity index (χ0) is 13.8. The summed E-state index contributed by atoms with van der Waals surface area (Å²) in [7, 11) is 0. The molecule has 1 aromatic carbocycles. The molecule has 0 saturated heterocycles. The number of amides is 2.